The zero-order valence-electron chi connectivity index (χ0n) is 21.8. The highest BCUT2D eigenvalue weighted by molar-refractivity contribution is 5.94. The number of hydrogen-bond donors (Lipinski definition) is 0. The maximum absolute atomic E-state index is 12.8. The van der Waals surface area contributed by atoms with E-state index in [2.05, 4.69) is 41.3 Å². The van der Waals surface area contributed by atoms with Crippen LogP contribution in [0.2, 0.25) is 0 Å². The predicted octanol–water partition coefficient (Wildman–Crippen LogP) is 6.00. The number of fused-ring (bicyclic) bond motifs is 1. The molecule has 0 saturated carbocycles. The number of rotatable bonds is 5. The number of anilines is 1. The summed E-state index contributed by atoms with van der Waals surface area (Å²) in [4.78, 5) is 31.3. The Morgan fingerprint density at radius 2 is 1.69 bits per heavy atom. The van der Waals surface area contributed by atoms with Gasteiger partial charge in [-0.2, -0.15) is 0 Å². The molecular weight excluding hydrogens is 438 g/mol. The lowest BCUT2D eigenvalue weighted by atomic mass is 9.88. The van der Waals surface area contributed by atoms with E-state index in [4.69, 9.17) is 4.74 Å². The van der Waals surface area contributed by atoms with Crippen LogP contribution in [0.5, 0.6) is 0 Å². The highest BCUT2D eigenvalue weighted by Crippen LogP contribution is 2.42. The van der Waals surface area contributed by atoms with Gasteiger partial charge in [-0.1, -0.05) is 36.8 Å². The van der Waals surface area contributed by atoms with Gasteiger partial charge in [0.05, 0.1) is 12.1 Å². The maximum atomic E-state index is 12.8. The van der Waals surface area contributed by atoms with Crippen molar-refractivity contribution < 1.29 is 14.3 Å². The van der Waals surface area contributed by atoms with Crippen LogP contribution in [0, 0.1) is 0 Å². The summed E-state index contributed by atoms with van der Waals surface area (Å²) in [6.07, 6.45) is 4.07. The van der Waals surface area contributed by atoms with Gasteiger partial charge >= 0.3 is 6.09 Å². The number of ether oxygens (including phenoxy) is 1. The molecule has 2 aromatic rings. The molecular formula is C29H39N3O3. The van der Waals surface area contributed by atoms with E-state index in [1.54, 1.807) is 18.9 Å². The summed E-state index contributed by atoms with van der Waals surface area (Å²) in [7, 11) is 1.79. The van der Waals surface area contributed by atoms with E-state index in [-0.39, 0.29) is 30.2 Å². The fraction of sp³-hybridized carbons (Fsp3) is 0.517. The zero-order valence-corrected chi connectivity index (χ0v) is 21.8. The summed E-state index contributed by atoms with van der Waals surface area (Å²) in [6, 6.07) is 14.9. The molecule has 2 aliphatic heterocycles. The summed E-state index contributed by atoms with van der Waals surface area (Å²) < 4.78 is 5.48. The van der Waals surface area contributed by atoms with Crippen LogP contribution in [-0.4, -0.2) is 54.1 Å². The summed E-state index contributed by atoms with van der Waals surface area (Å²) in [5, 5.41) is 0. The highest BCUT2D eigenvalue weighted by atomic mass is 16.6. The second-order valence-electron chi connectivity index (χ2n) is 10.3. The first-order valence-corrected chi connectivity index (χ1v) is 12.9. The number of carbonyl (C=O) groups excluding carboxylic acids is 2. The fourth-order valence-corrected chi connectivity index (χ4v) is 5.45. The average molecular weight is 478 g/mol. The molecule has 2 amide bonds. The third-order valence-corrected chi connectivity index (χ3v) is 7.22. The van der Waals surface area contributed by atoms with Crippen LogP contribution < -0.4 is 4.90 Å². The summed E-state index contributed by atoms with van der Waals surface area (Å²) in [5.74, 6) is 0.0134. The van der Waals surface area contributed by atoms with E-state index in [1.807, 2.05) is 31.7 Å². The minimum Gasteiger partial charge on any atom is -0.447 e. The van der Waals surface area contributed by atoms with E-state index < -0.39 is 0 Å². The molecule has 6 nitrogen and oxygen atoms in total. The predicted molar refractivity (Wildman–Crippen MR) is 140 cm³/mol. The van der Waals surface area contributed by atoms with Crippen molar-refractivity contribution >= 4 is 17.7 Å². The van der Waals surface area contributed by atoms with Crippen LogP contribution >= 0.6 is 0 Å². The lowest BCUT2D eigenvalue weighted by Gasteiger charge is -2.42. The first-order chi connectivity index (χ1) is 16.7. The van der Waals surface area contributed by atoms with Gasteiger partial charge in [0.2, 0.25) is 5.91 Å². The quantitative estimate of drug-likeness (QED) is 0.530. The van der Waals surface area contributed by atoms with Gasteiger partial charge < -0.3 is 14.5 Å². The molecule has 0 bridgehead atoms. The molecule has 0 N–H and O–H groups in total. The number of nitrogens with zero attached hydrogens (tertiary/aromatic N) is 3. The van der Waals surface area contributed by atoms with Gasteiger partial charge in [0.15, 0.2) is 0 Å². The van der Waals surface area contributed by atoms with Crippen LogP contribution in [0.25, 0.3) is 11.1 Å². The molecule has 0 radical (unpaired) electrons. The Kier molecular flexibility index (Phi) is 7.80. The molecule has 2 unspecified atom stereocenters. The SMILES string of the molecule is CC(=O)N1c2ccc(-c3ccc(CN4CCCCC4)cc3)cc2C(N(C)C(=O)OC(C)C)CC1C. The molecule has 6 heteroatoms. The first-order valence-electron chi connectivity index (χ1n) is 12.9. The monoisotopic (exact) mass is 477 g/mol. The van der Waals surface area contributed by atoms with Crippen molar-refractivity contribution in [3.8, 4) is 11.1 Å². The Hall–Kier alpha value is -2.86. The molecule has 0 spiro atoms. The molecule has 4 rings (SSSR count). The average Bonchev–Trinajstić information content (AvgIpc) is 2.83. The van der Waals surface area contributed by atoms with E-state index in [0.29, 0.717) is 6.42 Å². The third-order valence-electron chi connectivity index (χ3n) is 7.22. The molecule has 2 aliphatic rings. The van der Waals surface area contributed by atoms with E-state index >= 15 is 0 Å². The van der Waals surface area contributed by atoms with Gasteiger partial charge in [-0.3, -0.25) is 9.69 Å². The third kappa shape index (κ3) is 5.69. The molecule has 0 aliphatic carbocycles. The van der Waals surface area contributed by atoms with Gasteiger partial charge in [-0.15, -0.1) is 0 Å². The maximum Gasteiger partial charge on any atom is 0.410 e. The number of hydrogen-bond acceptors (Lipinski definition) is 4. The van der Waals surface area contributed by atoms with Crippen LogP contribution in [-0.2, 0) is 16.1 Å². The molecule has 0 aromatic heterocycles. The Morgan fingerprint density at radius 1 is 1.03 bits per heavy atom. The van der Waals surface area contributed by atoms with Crippen molar-refractivity contribution in [2.45, 2.75) is 78.1 Å². The molecule has 2 atom stereocenters. The lowest BCUT2D eigenvalue weighted by molar-refractivity contribution is -0.117. The van der Waals surface area contributed by atoms with Crippen molar-refractivity contribution in [2.24, 2.45) is 0 Å². The zero-order chi connectivity index (χ0) is 25.1. The van der Waals surface area contributed by atoms with E-state index in [9.17, 15) is 9.59 Å². The standard InChI is InChI=1S/C29H39N3O3/c1-20(2)35-29(34)30(5)28-17-21(3)32(22(4)33)27-14-13-25(18-26(27)28)24-11-9-23(10-12-24)19-31-15-7-6-8-16-31/h9-14,18,20-21,28H,6-8,15-17,19H2,1-5H3. The first kappa shape index (κ1) is 25.2. The smallest absolute Gasteiger partial charge is 0.410 e. The van der Waals surface area contributed by atoms with Gasteiger partial charge in [-0.05, 0) is 87.5 Å². The Bertz CT molecular complexity index is 1040. The van der Waals surface area contributed by atoms with Crippen LogP contribution in [0.15, 0.2) is 42.5 Å². The Morgan fingerprint density at radius 3 is 2.31 bits per heavy atom. The van der Waals surface area contributed by atoms with Crippen molar-refractivity contribution in [3.63, 3.8) is 0 Å². The molecule has 1 fully saturated rings. The summed E-state index contributed by atoms with van der Waals surface area (Å²) >= 11 is 0. The highest BCUT2D eigenvalue weighted by Gasteiger charge is 2.36. The van der Waals surface area contributed by atoms with Gasteiger partial charge in [0.25, 0.3) is 0 Å². The molecule has 1 saturated heterocycles. The number of amides is 2. The molecule has 2 heterocycles. The number of piperidine rings is 1. The second kappa shape index (κ2) is 10.8. The Labute approximate surface area is 209 Å². The minimum atomic E-state index is -0.341. The van der Waals surface area contributed by atoms with Crippen LogP contribution in [0.4, 0.5) is 10.5 Å². The normalized spacial score (nSPS) is 20.5. The van der Waals surface area contributed by atoms with Crippen LogP contribution in [0.1, 0.15) is 70.5 Å². The van der Waals surface area contributed by atoms with Crippen LogP contribution in [0.3, 0.4) is 0 Å². The van der Waals surface area contributed by atoms with Crippen molar-refractivity contribution in [2.75, 3.05) is 25.0 Å². The topological polar surface area (TPSA) is 53.1 Å². The van der Waals surface area contributed by atoms with E-state index in [1.165, 1.54) is 37.9 Å². The van der Waals surface area contributed by atoms with Gasteiger partial charge in [0, 0.05) is 32.2 Å². The van der Waals surface area contributed by atoms with Gasteiger partial charge in [0.1, 0.15) is 0 Å². The number of likely N-dealkylation sites (tertiary alicyclic amines) is 1. The second-order valence-corrected chi connectivity index (χ2v) is 10.3. The van der Waals surface area contributed by atoms with E-state index in [0.717, 1.165) is 28.9 Å². The summed E-state index contributed by atoms with van der Waals surface area (Å²) in [5.41, 5.74) is 5.41. The molecule has 188 valence electrons. The summed E-state index contributed by atoms with van der Waals surface area (Å²) in [6.45, 7) is 10.7. The number of carbonyl (C=O) groups is 2. The minimum absolute atomic E-state index is 0.0134. The molecule has 2 aromatic carbocycles. The van der Waals surface area contributed by atoms with Crippen molar-refractivity contribution in [3.05, 3.63) is 53.6 Å². The number of benzene rings is 2. The fourth-order valence-electron chi connectivity index (χ4n) is 5.45. The van der Waals surface area contributed by atoms with Crippen molar-refractivity contribution in [1.82, 2.24) is 9.80 Å². The lowest BCUT2D eigenvalue weighted by Crippen LogP contribution is -2.46. The van der Waals surface area contributed by atoms with Crippen molar-refractivity contribution in [1.29, 1.82) is 0 Å². The Balaban J connectivity index is 1.63. The van der Waals surface area contributed by atoms with Gasteiger partial charge in [-0.25, -0.2) is 4.79 Å². The molecule has 35 heavy (non-hydrogen) atoms. The largest absolute Gasteiger partial charge is 0.447 e.